The number of carbonyl (C=O) groups excluding carboxylic acids is 2. The number of carbonyl (C=O) groups is 2. The molecule has 0 aliphatic carbocycles. The summed E-state index contributed by atoms with van der Waals surface area (Å²) in [5.74, 6) is 0.167. The molecule has 1 aromatic rings. The van der Waals surface area contributed by atoms with Gasteiger partial charge in [-0.25, -0.2) is 4.79 Å². The average molecular weight is 229 g/mol. The van der Waals surface area contributed by atoms with Crippen LogP contribution in [0.4, 0.5) is 4.79 Å². The first-order chi connectivity index (χ1) is 7.17. The molecule has 15 heavy (non-hydrogen) atoms. The van der Waals surface area contributed by atoms with E-state index in [1.54, 1.807) is 6.92 Å². The van der Waals surface area contributed by atoms with Gasteiger partial charge in [0.25, 0.3) is 0 Å². The van der Waals surface area contributed by atoms with Crippen molar-refractivity contribution in [3.63, 3.8) is 0 Å². The second kappa shape index (κ2) is 5.36. The van der Waals surface area contributed by atoms with Crippen LogP contribution in [0.2, 0.25) is 5.02 Å². The molecule has 0 N–H and O–H groups in total. The second-order valence-corrected chi connectivity index (χ2v) is 3.00. The van der Waals surface area contributed by atoms with E-state index in [4.69, 9.17) is 16.3 Å². The van der Waals surface area contributed by atoms with E-state index < -0.39 is 6.16 Å². The summed E-state index contributed by atoms with van der Waals surface area (Å²) in [5, 5.41) is 0.188. The van der Waals surface area contributed by atoms with Gasteiger partial charge in [-0.3, -0.25) is 4.79 Å². The van der Waals surface area contributed by atoms with E-state index in [9.17, 15) is 9.59 Å². The lowest BCUT2D eigenvalue weighted by molar-refractivity contribution is 0.104. The summed E-state index contributed by atoms with van der Waals surface area (Å²) in [6.07, 6.45) is -0.168. The zero-order valence-electron chi connectivity index (χ0n) is 8.03. The third kappa shape index (κ3) is 3.25. The van der Waals surface area contributed by atoms with Crippen LogP contribution in [0.15, 0.2) is 18.2 Å². The van der Waals surface area contributed by atoms with Gasteiger partial charge in [-0.2, -0.15) is 0 Å². The van der Waals surface area contributed by atoms with Crippen LogP contribution in [0.1, 0.15) is 17.3 Å². The quantitative estimate of drug-likeness (QED) is 0.453. The molecular weight excluding hydrogens is 220 g/mol. The third-order valence-electron chi connectivity index (χ3n) is 1.55. The molecule has 0 fully saturated rings. The molecule has 80 valence electrons. The van der Waals surface area contributed by atoms with Crippen molar-refractivity contribution in [2.24, 2.45) is 0 Å². The first kappa shape index (κ1) is 11.5. The van der Waals surface area contributed by atoms with Gasteiger partial charge in [0.1, 0.15) is 6.29 Å². The van der Waals surface area contributed by atoms with Crippen LogP contribution >= 0.6 is 11.6 Å². The summed E-state index contributed by atoms with van der Waals surface area (Å²) < 4.78 is 9.34. The Balaban J connectivity index is 2.78. The van der Waals surface area contributed by atoms with Crippen LogP contribution in [0, 0.1) is 0 Å². The summed E-state index contributed by atoms with van der Waals surface area (Å²) in [4.78, 5) is 21.4. The second-order valence-electron chi connectivity index (χ2n) is 2.59. The first-order valence-electron chi connectivity index (χ1n) is 4.26. The van der Waals surface area contributed by atoms with Crippen molar-refractivity contribution >= 4 is 24.0 Å². The lowest BCUT2D eigenvalue weighted by Gasteiger charge is -2.05. The Morgan fingerprint density at radius 3 is 2.80 bits per heavy atom. The van der Waals surface area contributed by atoms with Crippen LogP contribution in [0.3, 0.4) is 0 Å². The SMILES string of the molecule is CCOC(=O)Oc1ccc(C=O)cc1Cl. The number of halogens is 1. The molecule has 0 aromatic heterocycles. The van der Waals surface area contributed by atoms with Crippen molar-refractivity contribution in [2.75, 3.05) is 6.61 Å². The maximum atomic E-state index is 10.9. The number of ether oxygens (including phenoxy) is 2. The largest absolute Gasteiger partial charge is 0.513 e. The van der Waals surface area contributed by atoms with Gasteiger partial charge >= 0.3 is 6.16 Å². The fourth-order valence-corrected chi connectivity index (χ4v) is 1.14. The van der Waals surface area contributed by atoms with Gasteiger partial charge in [-0.15, -0.1) is 0 Å². The molecule has 0 amide bonds. The highest BCUT2D eigenvalue weighted by Gasteiger charge is 2.08. The molecule has 0 unspecified atom stereocenters. The van der Waals surface area contributed by atoms with E-state index in [1.165, 1.54) is 18.2 Å². The van der Waals surface area contributed by atoms with E-state index in [-0.39, 0.29) is 17.4 Å². The lowest BCUT2D eigenvalue weighted by Crippen LogP contribution is -2.10. The Morgan fingerprint density at radius 1 is 1.53 bits per heavy atom. The Bertz CT molecular complexity index is 376. The number of aldehydes is 1. The highest BCUT2D eigenvalue weighted by Crippen LogP contribution is 2.25. The van der Waals surface area contributed by atoms with Crippen LogP contribution in [0.25, 0.3) is 0 Å². The van der Waals surface area contributed by atoms with E-state index in [1.807, 2.05) is 0 Å². The van der Waals surface area contributed by atoms with Gasteiger partial charge in [0.15, 0.2) is 5.75 Å². The molecule has 0 aliphatic heterocycles. The predicted molar refractivity (Wildman–Crippen MR) is 54.5 cm³/mol. The molecule has 0 saturated carbocycles. The third-order valence-corrected chi connectivity index (χ3v) is 1.84. The molecule has 0 saturated heterocycles. The Morgan fingerprint density at radius 2 is 2.27 bits per heavy atom. The summed E-state index contributed by atoms with van der Waals surface area (Å²) >= 11 is 5.76. The van der Waals surface area contributed by atoms with Gasteiger partial charge in [0.2, 0.25) is 0 Å². The van der Waals surface area contributed by atoms with Crippen molar-refractivity contribution in [2.45, 2.75) is 6.92 Å². The molecular formula is C10H9ClO4. The van der Waals surface area contributed by atoms with Gasteiger partial charge in [-0.1, -0.05) is 11.6 Å². The minimum atomic E-state index is -0.821. The maximum absolute atomic E-state index is 10.9. The zero-order valence-corrected chi connectivity index (χ0v) is 8.78. The number of rotatable bonds is 3. The maximum Gasteiger partial charge on any atom is 0.513 e. The minimum Gasteiger partial charge on any atom is -0.434 e. The summed E-state index contributed by atoms with van der Waals surface area (Å²) in [7, 11) is 0. The average Bonchev–Trinajstić information content (AvgIpc) is 2.21. The summed E-state index contributed by atoms with van der Waals surface area (Å²) in [5.41, 5.74) is 0.413. The van der Waals surface area contributed by atoms with Gasteiger partial charge in [-0.05, 0) is 25.1 Å². The molecule has 0 spiro atoms. The minimum absolute atomic E-state index is 0.167. The molecule has 0 radical (unpaired) electrons. The standard InChI is InChI=1S/C10H9ClO4/c1-2-14-10(13)15-9-4-3-7(6-12)5-8(9)11/h3-6H,2H2,1H3. The highest BCUT2D eigenvalue weighted by atomic mass is 35.5. The Labute approximate surface area is 91.7 Å². The van der Waals surface area contributed by atoms with Crippen LogP contribution in [-0.2, 0) is 4.74 Å². The summed E-state index contributed by atoms with van der Waals surface area (Å²) in [6.45, 7) is 1.89. The molecule has 5 heteroatoms. The molecule has 1 rings (SSSR count). The first-order valence-corrected chi connectivity index (χ1v) is 4.64. The van der Waals surface area contributed by atoms with Crippen molar-refractivity contribution in [3.05, 3.63) is 28.8 Å². The van der Waals surface area contributed by atoms with Crippen molar-refractivity contribution in [1.82, 2.24) is 0 Å². The number of hydrogen-bond donors (Lipinski definition) is 0. The van der Waals surface area contributed by atoms with Gasteiger partial charge in [0.05, 0.1) is 11.6 Å². The van der Waals surface area contributed by atoms with Gasteiger partial charge in [0, 0.05) is 5.56 Å². The Kier molecular flexibility index (Phi) is 4.12. The normalized spacial score (nSPS) is 9.47. The van der Waals surface area contributed by atoms with Crippen molar-refractivity contribution < 1.29 is 19.1 Å². The summed E-state index contributed by atoms with van der Waals surface area (Å²) in [6, 6.07) is 4.33. The molecule has 0 heterocycles. The van der Waals surface area contributed by atoms with E-state index in [2.05, 4.69) is 4.74 Å². The van der Waals surface area contributed by atoms with Crippen LogP contribution < -0.4 is 4.74 Å². The topological polar surface area (TPSA) is 52.6 Å². The Hall–Kier alpha value is -1.55. The predicted octanol–water partition coefficient (Wildman–Crippen LogP) is 2.69. The van der Waals surface area contributed by atoms with Crippen molar-refractivity contribution in [1.29, 1.82) is 0 Å². The van der Waals surface area contributed by atoms with E-state index in [0.717, 1.165) is 0 Å². The molecule has 0 atom stereocenters. The lowest BCUT2D eigenvalue weighted by atomic mass is 10.2. The molecule has 0 bridgehead atoms. The molecule has 4 nitrogen and oxygen atoms in total. The van der Waals surface area contributed by atoms with Gasteiger partial charge < -0.3 is 9.47 Å². The smallest absolute Gasteiger partial charge is 0.434 e. The van der Waals surface area contributed by atoms with E-state index in [0.29, 0.717) is 11.8 Å². The molecule has 1 aromatic carbocycles. The fourth-order valence-electron chi connectivity index (χ4n) is 0.910. The zero-order chi connectivity index (χ0) is 11.3. The highest BCUT2D eigenvalue weighted by molar-refractivity contribution is 6.32. The number of hydrogen-bond acceptors (Lipinski definition) is 4. The number of benzene rings is 1. The van der Waals surface area contributed by atoms with E-state index >= 15 is 0 Å². The van der Waals surface area contributed by atoms with Crippen molar-refractivity contribution in [3.8, 4) is 5.75 Å². The van der Waals surface area contributed by atoms with Crippen LogP contribution in [0.5, 0.6) is 5.75 Å². The fraction of sp³-hybridized carbons (Fsp3) is 0.200. The monoisotopic (exact) mass is 228 g/mol. The molecule has 0 aliphatic rings. The van der Waals surface area contributed by atoms with Crippen LogP contribution in [-0.4, -0.2) is 19.0 Å².